The summed E-state index contributed by atoms with van der Waals surface area (Å²) in [6.45, 7) is 9.37. The van der Waals surface area contributed by atoms with E-state index in [0.29, 0.717) is 54.6 Å². The first kappa shape index (κ1) is 36.8. The Morgan fingerprint density at radius 2 is 1.38 bits per heavy atom. The van der Waals surface area contributed by atoms with E-state index in [0.717, 1.165) is 73.5 Å². The largest absolute Gasteiger partial charge is 0.383 e. The van der Waals surface area contributed by atoms with E-state index in [2.05, 4.69) is 71.4 Å². The highest BCUT2D eigenvalue weighted by Crippen LogP contribution is 2.39. The van der Waals surface area contributed by atoms with Crippen molar-refractivity contribution < 1.29 is 4.74 Å². The maximum Gasteiger partial charge on any atom is 0.222 e. The van der Waals surface area contributed by atoms with Gasteiger partial charge in [0.05, 0.1) is 23.3 Å². The molecule has 1 aliphatic heterocycles. The monoisotopic (exact) mass is 756 g/mol. The zero-order chi connectivity index (χ0) is 36.8. The van der Waals surface area contributed by atoms with Crippen LogP contribution in [0.3, 0.4) is 0 Å². The molecule has 0 unspecified atom stereocenters. The molecule has 6 aromatic rings. The number of rotatable bonds is 7. The average Bonchev–Trinajstić information content (AvgIpc) is 3.11. The van der Waals surface area contributed by atoms with Crippen LogP contribution in [-0.2, 0) is 4.74 Å². The molecule has 0 saturated carbocycles. The zero-order valence-corrected chi connectivity index (χ0v) is 31.0. The number of hydrogen-bond donors (Lipinski definition) is 5. The van der Waals surface area contributed by atoms with Crippen molar-refractivity contribution in [2.45, 2.75) is 20.3 Å². The van der Waals surface area contributed by atoms with Gasteiger partial charge in [-0.05, 0) is 80.0 Å². The number of thiocarbonyl (C=S) groups is 1. The van der Waals surface area contributed by atoms with E-state index in [1.54, 1.807) is 30.6 Å². The molecule has 0 amide bonds. The minimum absolute atomic E-state index is 0.142. The number of nitrogen functional groups attached to an aromatic ring is 3. The highest BCUT2D eigenvalue weighted by molar-refractivity contribution is 7.80. The van der Waals surface area contributed by atoms with Gasteiger partial charge in [0, 0.05) is 59.5 Å². The summed E-state index contributed by atoms with van der Waals surface area (Å²) in [6.07, 6.45) is 4.24. The number of nitrogens with two attached hydrogens (primary N) is 3. The van der Waals surface area contributed by atoms with Gasteiger partial charge in [0.1, 0.15) is 11.6 Å². The third kappa shape index (κ3) is 8.72. The van der Waals surface area contributed by atoms with E-state index >= 15 is 0 Å². The molecule has 0 aliphatic carbocycles. The molecule has 1 saturated heterocycles. The second-order valence-corrected chi connectivity index (χ2v) is 13.4. The number of fused-ring (bicyclic) bond motifs is 2. The quantitative estimate of drug-likeness (QED) is 0.0932. The van der Waals surface area contributed by atoms with Gasteiger partial charge in [-0.3, -0.25) is 4.90 Å². The Hall–Kier alpha value is -4.99. The lowest BCUT2D eigenvalue weighted by Gasteiger charge is -2.26. The first-order valence-electron chi connectivity index (χ1n) is 16.6. The van der Waals surface area contributed by atoms with Crippen LogP contribution >= 0.6 is 35.4 Å². The summed E-state index contributed by atoms with van der Waals surface area (Å²) in [4.78, 5) is 27.7. The third-order valence-electron chi connectivity index (χ3n) is 8.46. The Labute approximate surface area is 316 Å². The van der Waals surface area contributed by atoms with Gasteiger partial charge in [-0.25, -0.2) is 19.9 Å². The molecule has 1 aliphatic rings. The Morgan fingerprint density at radius 3 is 2.02 bits per heavy atom. The molecule has 4 aromatic heterocycles. The summed E-state index contributed by atoms with van der Waals surface area (Å²) < 4.78 is 5.38. The first-order chi connectivity index (χ1) is 25.1. The smallest absolute Gasteiger partial charge is 0.222 e. The molecule has 13 nitrogen and oxygen atoms in total. The SMILES string of the molecule is Cc1cccc(C)c1-c1cc2cnc(N)nc2nc1N.Nc1ncc2cc(-c3c(Cl)cccc3Cl)c(NC(=S)NCCCN3CCOCC3)nc2n1. The number of aromatic nitrogens is 6. The maximum absolute atomic E-state index is 6.47. The highest BCUT2D eigenvalue weighted by atomic mass is 35.5. The Bertz CT molecular complexity index is 2210. The van der Waals surface area contributed by atoms with Crippen LogP contribution in [0.2, 0.25) is 10.0 Å². The molecule has 16 heteroatoms. The molecule has 5 heterocycles. The molecular weight excluding hydrogens is 719 g/mol. The molecule has 52 heavy (non-hydrogen) atoms. The van der Waals surface area contributed by atoms with Gasteiger partial charge >= 0.3 is 0 Å². The Balaban J connectivity index is 0.000000198. The van der Waals surface area contributed by atoms with Gasteiger partial charge in [-0.15, -0.1) is 0 Å². The topological polar surface area (TPSA) is 192 Å². The van der Waals surface area contributed by atoms with Gasteiger partial charge in [0.25, 0.3) is 0 Å². The second-order valence-electron chi connectivity index (χ2n) is 12.1. The van der Waals surface area contributed by atoms with E-state index in [-0.39, 0.29) is 11.9 Å². The third-order valence-corrected chi connectivity index (χ3v) is 9.34. The van der Waals surface area contributed by atoms with Crippen LogP contribution < -0.4 is 27.8 Å². The highest BCUT2D eigenvalue weighted by Gasteiger charge is 2.18. The summed E-state index contributed by atoms with van der Waals surface area (Å²) in [5.74, 6) is 1.27. The first-order valence-corrected chi connectivity index (χ1v) is 17.7. The van der Waals surface area contributed by atoms with E-state index in [1.165, 1.54) is 0 Å². The van der Waals surface area contributed by atoms with Crippen molar-refractivity contribution in [1.82, 2.24) is 40.1 Å². The predicted molar refractivity (Wildman–Crippen MR) is 214 cm³/mol. The van der Waals surface area contributed by atoms with Crippen LogP contribution in [-0.4, -0.2) is 79.3 Å². The molecule has 1 fully saturated rings. The standard InChI is InChI=1S/C21H23Cl2N7OS.C15H15N5/c22-15-3-1-4-16(23)17(15)14-11-13-12-26-20(24)28-18(13)27-19(14)29-21(32)25-5-2-6-30-7-9-31-10-8-30;1-8-4-3-5-9(2)12(8)11-6-10-7-18-15(17)20-14(10)19-13(11)16/h1,3-4,11-12H,2,5-10H2,(H4,24,25,26,27,28,29,32);3-7H,1-2H3,(H4,16,17,18,19,20). The normalized spacial score (nSPS) is 13.1. The fourth-order valence-electron chi connectivity index (χ4n) is 5.93. The number of anilines is 4. The van der Waals surface area contributed by atoms with Gasteiger partial charge in [-0.2, -0.15) is 9.97 Å². The average molecular weight is 758 g/mol. The molecule has 0 bridgehead atoms. The zero-order valence-electron chi connectivity index (χ0n) is 28.7. The summed E-state index contributed by atoms with van der Waals surface area (Å²) in [6, 6.07) is 15.3. The number of aryl methyl sites for hydroxylation is 2. The molecule has 7 rings (SSSR count). The molecule has 0 atom stereocenters. The van der Waals surface area contributed by atoms with Gasteiger partial charge < -0.3 is 32.6 Å². The van der Waals surface area contributed by atoms with E-state index in [9.17, 15) is 0 Å². The van der Waals surface area contributed by atoms with Crippen molar-refractivity contribution >= 4 is 86.1 Å². The number of ether oxygens (including phenoxy) is 1. The van der Waals surface area contributed by atoms with Gasteiger partial charge in [0.15, 0.2) is 16.4 Å². The number of morpholine rings is 1. The number of halogens is 2. The van der Waals surface area contributed by atoms with E-state index in [4.69, 9.17) is 57.4 Å². The number of pyridine rings is 2. The number of nitrogens with one attached hydrogen (secondary N) is 2. The molecule has 8 N–H and O–H groups in total. The van der Waals surface area contributed by atoms with Gasteiger partial charge in [-0.1, -0.05) is 47.5 Å². The van der Waals surface area contributed by atoms with Crippen molar-refractivity contribution in [1.29, 1.82) is 0 Å². The number of nitrogens with zero attached hydrogens (tertiary/aromatic N) is 7. The van der Waals surface area contributed by atoms with Crippen molar-refractivity contribution in [2.24, 2.45) is 0 Å². The van der Waals surface area contributed by atoms with Crippen LogP contribution in [0.1, 0.15) is 17.5 Å². The van der Waals surface area contributed by atoms with Crippen molar-refractivity contribution in [3.63, 3.8) is 0 Å². The lowest BCUT2D eigenvalue weighted by Crippen LogP contribution is -2.38. The minimum Gasteiger partial charge on any atom is -0.383 e. The summed E-state index contributed by atoms with van der Waals surface area (Å²) >= 11 is 18.5. The Kier molecular flexibility index (Phi) is 11.7. The van der Waals surface area contributed by atoms with Crippen LogP contribution in [0, 0.1) is 13.8 Å². The molecule has 0 radical (unpaired) electrons. The summed E-state index contributed by atoms with van der Waals surface area (Å²) in [7, 11) is 0. The fourth-order valence-corrected chi connectivity index (χ4v) is 6.73. The molecule has 2 aromatic carbocycles. The van der Waals surface area contributed by atoms with E-state index in [1.807, 2.05) is 18.2 Å². The number of benzene rings is 2. The summed E-state index contributed by atoms with van der Waals surface area (Å²) in [5.41, 5.74) is 24.0. The van der Waals surface area contributed by atoms with E-state index < -0.39 is 0 Å². The predicted octanol–water partition coefficient (Wildman–Crippen LogP) is 6.06. The van der Waals surface area contributed by atoms with Crippen LogP contribution in [0.15, 0.2) is 60.9 Å². The van der Waals surface area contributed by atoms with Crippen LogP contribution in [0.25, 0.3) is 44.3 Å². The minimum atomic E-state index is 0.142. The Morgan fingerprint density at radius 1 is 0.808 bits per heavy atom. The molecular formula is C36H38Cl2N12OS. The van der Waals surface area contributed by atoms with Crippen molar-refractivity contribution in [3.8, 4) is 22.3 Å². The second kappa shape index (κ2) is 16.6. The lowest BCUT2D eigenvalue weighted by molar-refractivity contribution is 0.0376. The van der Waals surface area contributed by atoms with Crippen LogP contribution in [0.4, 0.5) is 23.5 Å². The molecule has 268 valence electrons. The fraction of sp³-hybridized carbons (Fsp3) is 0.250. The summed E-state index contributed by atoms with van der Waals surface area (Å²) in [5, 5.41) is 9.40. The van der Waals surface area contributed by atoms with Gasteiger partial charge in [0.2, 0.25) is 11.9 Å². The number of hydrogen-bond acceptors (Lipinski definition) is 12. The maximum atomic E-state index is 6.47. The molecule has 0 spiro atoms. The van der Waals surface area contributed by atoms with Crippen molar-refractivity contribution in [2.75, 3.05) is 61.9 Å². The lowest BCUT2D eigenvalue weighted by atomic mass is 9.96. The van der Waals surface area contributed by atoms with Crippen molar-refractivity contribution in [3.05, 3.63) is 82.1 Å². The van der Waals surface area contributed by atoms with Crippen LogP contribution in [0.5, 0.6) is 0 Å².